The molecule has 0 aromatic rings. The molecule has 12 heavy (non-hydrogen) atoms. The first-order chi connectivity index (χ1) is 5.66. The Balaban J connectivity index is 2.19. The second kappa shape index (κ2) is 2.64. The molecule has 0 radical (unpaired) electrons. The van der Waals surface area contributed by atoms with Crippen LogP contribution < -0.4 is 5.32 Å². The van der Waals surface area contributed by atoms with Crippen molar-refractivity contribution in [3.63, 3.8) is 0 Å². The molecule has 1 spiro atoms. The Morgan fingerprint density at radius 2 is 2.08 bits per heavy atom. The lowest BCUT2D eigenvalue weighted by atomic mass is 9.75. The third-order valence-electron chi connectivity index (χ3n) is 3.01. The van der Waals surface area contributed by atoms with Crippen molar-refractivity contribution in [2.75, 3.05) is 26.3 Å². The summed E-state index contributed by atoms with van der Waals surface area (Å²) in [5, 5.41) is 2.72. The van der Waals surface area contributed by atoms with Crippen LogP contribution >= 0.6 is 0 Å². The van der Waals surface area contributed by atoms with Crippen molar-refractivity contribution in [1.82, 2.24) is 5.32 Å². The van der Waals surface area contributed by atoms with E-state index in [-0.39, 0.29) is 13.2 Å². The van der Waals surface area contributed by atoms with Gasteiger partial charge in [0.05, 0.1) is 18.6 Å². The highest BCUT2D eigenvalue weighted by atomic mass is 19.3. The van der Waals surface area contributed by atoms with Crippen LogP contribution in [0.2, 0.25) is 0 Å². The summed E-state index contributed by atoms with van der Waals surface area (Å²) < 4.78 is 31.9. The van der Waals surface area contributed by atoms with Crippen LogP contribution in [0.4, 0.5) is 8.78 Å². The van der Waals surface area contributed by atoms with Crippen LogP contribution in [-0.2, 0) is 4.74 Å². The smallest absolute Gasteiger partial charge is 0.268 e. The highest BCUT2D eigenvalue weighted by molar-refractivity contribution is 4.99. The summed E-state index contributed by atoms with van der Waals surface area (Å²) in [5.41, 5.74) is -0.849. The predicted octanol–water partition coefficient (Wildman–Crippen LogP) is 1.02. The molecular formula is C8H13F2NO. The molecule has 0 aliphatic carbocycles. The zero-order chi connectivity index (χ0) is 8.66. The molecule has 2 saturated heterocycles. The Bertz CT molecular complexity index is 178. The highest BCUT2D eigenvalue weighted by Crippen LogP contribution is 2.47. The van der Waals surface area contributed by atoms with Crippen LogP contribution in [-0.4, -0.2) is 32.2 Å². The summed E-state index contributed by atoms with van der Waals surface area (Å²) in [7, 11) is 0. The van der Waals surface area contributed by atoms with E-state index in [4.69, 9.17) is 4.74 Å². The Labute approximate surface area is 70.3 Å². The topological polar surface area (TPSA) is 21.3 Å². The maximum atomic E-state index is 13.4. The predicted molar refractivity (Wildman–Crippen MR) is 40.3 cm³/mol. The van der Waals surface area contributed by atoms with Crippen LogP contribution in [0.5, 0.6) is 0 Å². The Morgan fingerprint density at radius 1 is 1.25 bits per heavy atom. The molecule has 4 heteroatoms. The van der Waals surface area contributed by atoms with Crippen LogP contribution in [0.25, 0.3) is 0 Å². The van der Waals surface area contributed by atoms with Crippen molar-refractivity contribution in [3.8, 4) is 0 Å². The molecule has 0 saturated carbocycles. The minimum Gasteiger partial charge on any atom is -0.381 e. The molecule has 1 atom stereocenters. The number of nitrogens with one attached hydrogen (secondary N) is 1. The van der Waals surface area contributed by atoms with Crippen molar-refractivity contribution in [1.29, 1.82) is 0 Å². The monoisotopic (exact) mass is 177 g/mol. The molecule has 0 aromatic heterocycles. The van der Waals surface area contributed by atoms with E-state index in [0.29, 0.717) is 26.0 Å². The lowest BCUT2D eigenvalue weighted by molar-refractivity contribution is -0.138. The van der Waals surface area contributed by atoms with Crippen molar-refractivity contribution in [2.24, 2.45) is 5.41 Å². The fourth-order valence-corrected chi connectivity index (χ4v) is 2.04. The number of alkyl halides is 2. The van der Waals surface area contributed by atoms with E-state index < -0.39 is 11.3 Å². The molecule has 2 aliphatic heterocycles. The molecule has 2 fully saturated rings. The second-order valence-electron chi connectivity index (χ2n) is 3.71. The van der Waals surface area contributed by atoms with Gasteiger partial charge in [0.15, 0.2) is 0 Å². The summed E-state index contributed by atoms with van der Waals surface area (Å²) >= 11 is 0. The Kier molecular flexibility index (Phi) is 1.84. The van der Waals surface area contributed by atoms with Crippen LogP contribution in [0.1, 0.15) is 12.8 Å². The van der Waals surface area contributed by atoms with Crippen molar-refractivity contribution < 1.29 is 13.5 Å². The highest BCUT2D eigenvalue weighted by Gasteiger charge is 2.56. The number of piperidine rings is 1. The summed E-state index contributed by atoms with van der Waals surface area (Å²) in [6, 6.07) is 0. The van der Waals surface area contributed by atoms with E-state index >= 15 is 0 Å². The molecule has 1 N–H and O–H groups in total. The number of hydrogen-bond donors (Lipinski definition) is 1. The molecule has 2 heterocycles. The molecule has 0 amide bonds. The van der Waals surface area contributed by atoms with Crippen LogP contribution in [0.15, 0.2) is 0 Å². The van der Waals surface area contributed by atoms with Gasteiger partial charge in [-0.25, -0.2) is 8.78 Å². The number of hydrogen-bond acceptors (Lipinski definition) is 2. The average Bonchev–Trinajstić information content (AvgIpc) is 2.46. The van der Waals surface area contributed by atoms with Crippen molar-refractivity contribution in [2.45, 2.75) is 18.8 Å². The van der Waals surface area contributed by atoms with E-state index in [1.165, 1.54) is 0 Å². The summed E-state index contributed by atoms with van der Waals surface area (Å²) in [4.78, 5) is 0. The van der Waals surface area contributed by atoms with E-state index in [1.54, 1.807) is 0 Å². The van der Waals surface area contributed by atoms with Gasteiger partial charge in [-0.1, -0.05) is 0 Å². The molecule has 70 valence electrons. The molecule has 2 aliphatic rings. The maximum Gasteiger partial charge on any atom is 0.268 e. The fraction of sp³-hybridized carbons (Fsp3) is 1.00. The van der Waals surface area contributed by atoms with Crippen molar-refractivity contribution >= 4 is 0 Å². The summed E-state index contributed by atoms with van der Waals surface area (Å²) in [6.07, 6.45) is 1.06. The van der Waals surface area contributed by atoms with Gasteiger partial charge in [0.1, 0.15) is 0 Å². The van der Waals surface area contributed by atoms with Gasteiger partial charge in [-0.15, -0.1) is 0 Å². The van der Waals surface area contributed by atoms with Gasteiger partial charge in [0.25, 0.3) is 5.92 Å². The average molecular weight is 177 g/mol. The molecule has 2 rings (SSSR count). The lowest BCUT2D eigenvalue weighted by Gasteiger charge is -2.40. The number of rotatable bonds is 0. The molecule has 0 bridgehead atoms. The zero-order valence-electron chi connectivity index (χ0n) is 6.91. The Hall–Kier alpha value is -0.220. The molecule has 2 nitrogen and oxygen atoms in total. The summed E-state index contributed by atoms with van der Waals surface area (Å²) in [5.74, 6) is -2.58. The third-order valence-corrected chi connectivity index (χ3v) is 3.01. The van der Waals surface area contributed by atoms with Gasteiger partial charge in [-0.2, -0.15) is 0 Å². The first-order valence-corrected chi connectivity index (χ1v) is 4.33. The summed E-state index contributed by atoms with van der Waals surface area (Å²) in [6.45, 7) is 1.24. The number of ether oxygens (including phenoxy) is 1. The van der Waals surface area contributed by atoms with E-state index in [0.717, 1.165) is 0 Å². The first kappa shape index (κ1) is 8.38. The zero-order valence-corrected chi connectivity index (χ0v) is 6.91. The largest absolute Gasteiger partial charge is 0.381 e. The van der Waals surface area contributed by atoms with Gasteiger partial charge in [0, 0.05) is 6.61 Å². The normalized spacial score (nSPS) is 40.5. The molecular weight excluding hydrogens is 164 g/mol. The van der Waals surface area contributed by atoms with Gasteiger partial charge in [-0.05, 0) is 19.4 Å². The molecule has 0 aromatic carbocycles. The first-order valence-electron chi connectivity index (χ1n) is 4.33. The fourth-order valence-electron chi connectivity index (χ4n) is 2.04. The number of halogens is 2. The minimum absolute atomic E-state index is 0.184. The maximum absolute atomic E-state index is 13.4. The van der Waals surface area contributed by atoms with Crippen molar-refractivity contribution in [3.05, 3.63) is 0 Å². The van der Waals surface area contributed by atoms with E-state index in [2.05, 4.69) is 5.32 Å². The van der Waals surface area contributed by atoms with Gasteiger partial charge < -0.3 is 10.1 Å². The van der Waals surface area contributed by atoms with Crippen LogP contribution in [0.3, 0.4) is 0 Å². The second-order valence-corrected chi connectivity index (χ2v) is 3.71. The lowest BCUT2D eigenvalue weighted by Crippen LogP contribution is -2.54. The van der Waals surface area contributed by atoms with Gasteiger partial charge >= 0.3 is 0 Å². The Morgan fingerprint density at radius 3 is 2.67 bits per heavy atom. The van der Waals surface area contributed by atoms with E-state index in [1.807, 2.05) is 0 Å². The quantitative estimate of drug-likeness (QED) is 0.596. The standard InChI is InChI=1S/C8H13F2NO/c9-8(10)5-11-3-1-7(8)2-4-12-6-7/h11H,1-6H2. The SMILES string of the molecule is FC1(F)CNCCC12CCOC2. The van der Waals surface area contributed by atoms with Gasteiger partial charge in [0.2, 0.25) is 0 Å². The van der Waals surface area contributed by atoms with Gasteiger partial charge in [-0.3, -0.25) is 0 Å². The third kappa shape index (κ3) is 1.05. The van der Waals surface area contributed by atoms with Crippen LogP contribution in [0, 0.1) is 5.41 Å². The minimum atomic E-state index is -2.58. The van der Waals surface area contributed by atoms with E-state index in [9.17, 15) is 8.78 Å². The molecule has 1 unspecified atom stereocenters.